The highest BCUT2D eigenvalue weighted by Crippen LogP contribution is 2.38. The highest BCUT2D eigenvalue weighted by molar-refractivity contribution is 6.29. The summed E-state index contributed by atoms with van der Waals surface area (Å²) in [5.74, 6) is -4.84. The molecule has 0 amide bonds. The SMILES string of the molecule is C=C(CC(=O)C1=CC2=C(C1)C(=O)c1ccccc1C2=O)OC(C)OC(=O)C1CCC(F)(F)CC1. The van der Waals surface area contributed by atoms with Crippen LogP contribution in [-0.4, -0.2) is 35.5 Å². The maximum atomic E-state index is 13.3. The fourth-order valence-corrected chi connectivity index (χ4v) is 4.50. The molecule has 34 heavy (non-hydrogen) atoms. The molecule has 1 atom stereocenters. The molecule has 178 valence electrons. The fourth-order valence-electron chi connectivity index (χ4n) is 4.50. The predicted octanol–water partition coefficient (Wildman–Crippen LogP) is 4.90. The highest BCUT2D eigenvalue weighted by Gasteiger charge is 2.39. The molecule has 0 bridgehead atoms. The van der Waals surface area contributed by atoms with E-state index in [2.05, 4.69) is 6.58 Å². The average Bonchev–Trinajstić information content (AvgIpc) is 3.23. The van der Waals surface area contributed by atoms with Gasteiger partial charge in [-0.2, -0.15) is 0 Å². The van der Waals surface area contributed by atoms with Crippen molar-refractivity contribution in [3.05, 3.63) is 70.5 Å². The number of ketones is 3. The van der Waals surface area contributed by atoms with Crippen LogP contribution in [0.2, 0.25) is 0 Å². The Labute approximate surface area is 195 Å². The van der Waals surface area contributed by atoms with Gasteiger partial charge in [0.05, 0.1) is 12.3 Å². The van der Waals surface area contributed by atoms with Gasteiger partial charge in [0.25, 0.3) is 0 Å². The zero-order valence-electron chi connectivity index (χ0n) is 18.7. The van der Waals surface area contributed by atoms with Crippen LogP contribution >= 0.6 is 0 Å². The summed E-state index contributed by atoms with van der Waals surface area (Å²) in [6.45, 7) is 5.14. The second-order valence-corrected chi connectivity index (χ2v) is 8.83. The molecule has 0 aromatic heterocycles. The number of carbonyl (C=O) groups excluding carboxylic acids is 4. The third kappa shape index (κ3) is 4.76. The molecule has 0 radical (unpaired) electrons. The number of rotatable bonds is 7. The number of ether oxygens (including phenoxy) is 2. The van der Waals surface area contributed by atoms with Gasteiger partial charge < -0.3 is 9.47 Å². The largest absolute Gasteiger partial charge is 0.460 e. The summed E-state index contributed by atoms with van der Waals surface area (Å²) in [6, 6.07) is 6.54. The van der Waals surface area contributed by atoms with Gasteiger partial charge in [-0.05, 0) is 18.9 Å². The van der Waals surface area contributed by atoms with E-state index in [1.165, 1.54) is 13.0 Å². The second kappa shape index (κ2) is 9.08. The Morgan fingerprint density at radius 1 is 1.09 bits per heavy atom. The number of benzene rings is 1. The third-order valence-corrected chi connectivity index (χ3v) is 6.33. The van der Waals surface area contributed by atoms with E-state index < -0.39 is 24.1 Å². The number of allylic oxidation sites excluding steroid dienone is 5. The molecule has 1 aromatic carbocycles. The summed E-state index contributed by atoms with van der Waals surface area (Å²) < 4.78 is 37.1. The van der Waals surface area contributed by atoms with Crippen molar-refractivity contribution in [2.24, 2.45) is 5.92 Å². The Hall–Kier alpha value is -3.42. The van der Waals surface area contributed by atoms with E-state index >= 15 is 0 Å². The van der Waals surface area contributed by atoms with Gasteiger partial charge in [0.15, 0.2) is 17.3 Å². The van der Waals surface area contributed by atoms with Crippen molar-refractivity contribution < 1.29 is 37.4 Å². The second-order valence-electron chi connectivity index (χ2n) is 8.83. The Bertz CT molecular complexity index is 1150. The van der Waals surface area contributed by atoms with Gasteiger partial charge in [0.1, 0.15) is 5.76 Å². The molecule has 4 rings (SSSR count). The lowest BCUT2D eigenvalue weighted by molar-refractivity contribution is -0.176. The van der Waals surface area contributed by atoms with E-state index in [9.17, 15) is 28.0 Å². The molecule has 3 aliphatic carbocycles. The van der Waals surface area contributed by atoms with Crippen LogP contribution in [0.25, 0.3) is 0 Å². The molecule has 1 aromatic rings. The summed E-state index contributed by atoms with van der Waals surface area (Å²) in [7, 11) is 0. The van der Waals surface area contributed by atoms with Crippen LogP contribution in [0.3, 0.4) is 0 Å². The van der Waals surface area contributed by atoms with Crippen LogP contribution < -0.4 is 0 Å². The molecule has 6 nitrogen and oxygen atoms in total. The topological polar surface area (TPSA) is 86.7 Å². The maximum Gasteiger partial charge on any atom is 0.312 e. The van der Waals surface area contributed by atoms with Crippen LogP contribution in [0.15, 0.2) is 59.4 Å². The van der Waals surface area contributed by atoms with Crippen LogP contribution in [0.5, 0.6) is 0 Å². The van der Waals surface area contributed by atoms with Crippen LogP contribution in [0.1, 0.15) is 66.2 Å². The third-order valence-electron chi connectivity index (χ3n) is 6.33. The monoisotopic (exact) mass is 470 g/mol. The number of hydrogen-bond donors (Lipinski definition) is 0. The summed E-state index contributed by atoms with van der Waals surface area (Å²) >= 11 is 0. The predicted molar refractivity (Wildman–Crippen MR) is 117 cm³/mol. The lowest BCUT2D eigenvalue weighted by Crippen LogP contribution is -2.31. The summed E-state index contributed by atoms with van der Waals surface area (Å²) in [5, 5.41) is 0. The quantitative estimate of drug-likeness (QED) is 0.320. The van der Waals surface area contributed by atoms with Crippen molar-refractivity contribution in [2.75, 3.05) is 0 Å². The first-order valence-corrected chi connectivity index (χ1v) is 11.1. The molecule has 1 unspecified atom stereocenters. The average molecular weight is 470 g/mol. The number of hydrogen-bond acceptors (Lipinski definition) is 6. The van der Waals surface area contributed by atoms with E-state index in [0.717, 1.165) is 0 Å². The molecule has 3 aliphatic rings. The molecule has 0 heterocycles. The van der Waals surface area contributed by atoms with Gasteiger partial charge in [0.2, 0.25) is 12.2 Å². The van der Waals surface area contributed by atoms with Crippen LogP contribution in [-0.2, 0) is 19.1 Å². The lowest BCUT2D eigenvalue weighted by Gasteiger charge is -2.27. The number of carbonyl (C=O) groups is 4. The minimum atomic E-state index is -2.74. The van der Waals surface area contributed by atoms with Crippen LogP contribution in [0.4, 0.5) is 8.78 Å². The Morgan fingerprint density at radius 2 is 1.71 bits per heavy atom. The Balaban J connectivity index is 1.30. The number of fused-ring (bicyclic) bond motifs is 1. The molecule has 1 saturated carbocycles. The molecule has 8 heteroatoms. The van der Waals surface area contributed by atoms with E-state index in [1.807, 2.05) is 0 Å². The van der Waals surface area contributed by atoms with Crippen molar-refractivity contribution in [1.82, 2.24) is 0 Å². The smallest absolute Gasteiger partial charge is 0.312 e. The Kier molecular flexibility index (Phi) is 6.34. The van der Waals surface area contributed by atoms with Crippen LogP contribution in [0, 0.1) is 5.92 Å². The normalized spacial score (nSPS) is 20.3. The number of halogens is 2. The zero-order chi connectivity index (χ0) is 24.6. The first kappa shape index (κ1) is 23.7. The van der Waals surface area contributed by atoms with Gasteiger partial charge in [0, 0.05) is 54.0 Å². The molecule has 0 aliphatic heterocycles. The summed E-state index contributed by atoms with van der Waals surface area (Å²) in [6.07, 6.45) is -0.383. The highest BCUT2D eigenvalue weighted by atomic mass is 19.3. The first-order chi connectivity index (χ1) is 16.1. The standard InChI is InChI=1S/C26H24F2O6/c1-14(33-15(2)34-25(32)16-7-9-26(27,28)10-8-16)11-22(29)17-12-20-21(13-17)24(31)19-6-4-3-5-18(19)23(20)30/h3-6,12,15-16H,1,7-11,13H2,2H3. The van der Waals surface area contributed by atoms with Gasteiger partial charge in [-0.25, -0.2) is 8.78 Å². The number of alkyl halides is 2. The van der Waals surface area contributed by atoms with Gasteiger partial charge in [-0.3, -0.25) is 19.2 Å². The van der Waals surface area contributed by atoms with Crippen molar-refractivity contribution >= 4 is 23.3 Å². The van der Waals surface area contributed by atoms with Gasteiger partial charge in [-0.15, -0.1) is 0 Å². The minimum absolute atomic E-state index is 0.0467. The lowest BCUT2D eigenvalue weighted by atomic mass is 9.85. The van der Waals surface area contributed by atoms with E-state index in [4.69, 9.17) is 9.47 Å². The summed E-state index contributed by atoms with van der Waals surface area (Å²) in [4.78, 5) is 50.5. The fraction of sp³-hybridized carbons (Fsp3) is 0.385. The molecule has 0 saturated heterocycles. The number of Topliss-reactive ketones (excluding diaryl/α,β-unsaturated/α-hetero) is 3. The minimum Gasteiger partial charge on any atom is -0.460 e. The van der Waals surface area contributed by atoms with Crippen molar-refractivity contribution in [3.63, 3.8) is 0 Å². The molecular formula is C26H24F2O6. The molecule has 0 N–H and O–H groups in total. The van der Waals surface area contributed by atoms with E-state index in [0.29, 0.717) is 22.3 Å². The Morgan fingerprint density at radius 3 is 2.35 bits per heavy atom. The number of esters is 1. The maximum absolute atomic E-state index is 13.3. The van der Waals surface area contributed by atoms with Crippen molar-refractivity contribution in [1.29, 1.82) is 0 Å². The zero-order valence-corrected chi connectivity index (χ0v) is 18.7. The van der Waals surface area contributed by atoms with Crippen molar-refractivity contribution in [3.8, 4) is 0 Å². The molecule has 0 spiro atoms. The van der Waals surface area contributed by atoms with E-state index in [1.54, 1.807) is 24.3 Å². The van der Waals surface area contributed by atoms with E-state index in [-0.39, 0.29) is 67.2 Å². The molecule has 1 fully saturated rings. The molecular weight excluding hydrogens is 446 g/mol. The first-order valence-electron chi connectivity index (χ1n) is 11.1. The van der Waals surface area contributed by atoms with Gasteiger partial charge in [-0.1, -0.05) is 30.8 Å². The summed E-state index contributed by atoms with van der Waals surface area (Å²) in [5.41, 5.74) is 1.49. The van der Waals surface area contributed by atoms with Crippen molar-refractivity contribution in [2.45, 2.75) is 57.7 Å². The van der Waals surface area contributed by atoms with Gasteiger partial charge >= 0.3 is 5.97 Å².